The highest BCUT2D eigenvalue weighted by molar-refractivity contribution is 5.78. The number of carbonyl (C=O) groups is 1. The molecule has 2 fully saturated rings. The Morgan fingerprint density at radius 1 is 0.931 bits per heavy atom. The first-order valence-corrected chi connectivity index (χ1v) is 10.6. The SMILES string of the molecule is O=C(CN1CCN(c2cccc(F)n2)CC1)N1CCC(Cc2ccccc2)CC1. The molecule has 0 spiro atoms. The predicted molar refractivity (Wildman–Crippen MR) is 112 cm³/mol. The van der Waals surface area contributed by atoms with Crippen LogP contribution in [0.2, 0.25) is 0 Å². The van der Waals surface area contributed by atoms with Crippen LogP contribution in [0.25, 0.3) is 0 Å². The number of anilines is 1. The number of piperazine rings is 1. The number of pyridine rings is 1. The van der Waals surface area contributed by atoms with E-state index in [1.165, 1.54) is 11.6 Å². The lowest BCUT2D eigenvalue weighted by Crippen LogP contribution is -2.51. The van der Waals surface area contributed by atoms with Gasteiger partial charge in [-0.15, -0.1) is 0 Å². The van der Waals surface area contributed by atoms with Gasteiger partial charge in [-0.05, 0) is 42.9 Å². The largest absolute Gasteiger partial charge is 0.354 e. The van der Waals surface area contributed by atoms with Crippen molar-refractivity contribution in [2.45, 2.75) is 19.3 Å². The second-order valence-corrected chi connectivity index (χ2v) is 8.10. The lowest BCUT2D eigenvalue weighted by atomic mass is 9.90. The number of likely N-dealkylation sites (tertiary alicyclic amines) is 1. The van der Waals surface area contributed by atoms with Crippen molar-refractivity contribution in [3.05, 3.63) is 60.0 Å². The molecule has 0 N–H and O–H groups in total. The van der Waals surface area contributed by atoms with E-state index in [4.69, 9.17) is 0 Å². The summed E-state index contributed by atoms with van der Waals surface area (Å²) < 4.78 is 13.3. The molecule has 0 bridgehead atoms. The van der Waals surface area contributed by atoms with Crippen molar-refractivity contribution in [2.24, 2.45) is 5.92 Å². The molecule has 1 aromatic carbocycles. The van der Waals surface area contributed by atoms with E-state index in [2.05, 4.69) is 45.1 Å². The Balaban J connectivity index is 1.20. The van der Waals surface area contributed by atoms with E-state index >= 15 is 0 Å². The molecule has 2 saturated heterocycles. The second kappa shape index (κ2) is 9.35. The minimum absolute atomic E-state index is 0.237. The van der Waals surface area contributed by atoms with Gasteiger partial charge in [0.2, 0.25) is 11.9 Å². The zero-order valence-electron chi connectivity index (χ0n) is 16.8. The molecule has 1 aromatic heterocycles. The summed E-state index contributed by atoms with van der Waals surface area (Å²) in [5.74, 6) is 1.14. The fourth-order valence-electron chi connectivity index (χ4n) is 4.33. The number of piperidine rings is 1. The highest BCUT2D eigenvalue weighted by Gasteiger charge is 2.26. The zero-order chi connectivity index (χ0) is 20.1. The molecule has 0 aliphatic carbocycles. The number of amides is 1. The Kier molecular flexibility index (Phi) is 6.39. The van der Waals surface area contributed by atoms with Crippen LogP contribution in [0.3, 0.4) is 0 Å². The van der Waals surface area contributed by atoms with Crippen molar-refractivity contribution in [1.82, 2.24) is 14.8 Å². The molecule has 29 heavy (non-hydrogen) atoms. The van der Waals surface area contributed by atoms with Crippen LogP contribution >= 0.6 is 0 Å². The van der Waals surface area contributed by atoms with E-state index in [-0.39, 0.29) is 5.91 Å². The lowest BCUT2D eigenvalue weighted by molar-refractivity contribution is -0.133. The third kappa shape index (κ3) is 5.32. The molecular formula is C23H29FN4O. The molecule has 0 radical (unpaired) electrons. The molecule has 6 heteroatoms. The lowest BCUT2D eigenvalue weighted by Gasteiger charge is -2.37. The zero-order valence-corrected chi connectivity index (χ0v) is 16.8. The van der Waals surface area contributed by atoms with Crippen molar-refractivity contribution in [2.75, 3.05) is 50.7 Å². The summed E-state index contributed by atoms with van der Waals surface area (Å²) in [6.07, 6.45) is 3.28. The van der Waals surface area contributed by atoms with Crippen LogP contribution in [-0.2, 0) is 11.2 Å². The molecular weight excluding hydrogens is 367 g/mol. The van der Waals surface area contributed by atoms with Crippen molar-refractivity contribution in [3.63, 3.8) is 0 Å². The van der Waals surface area contributed by atoms with Crippen LogP contribution in [0.4, 0.5) is 10.2 Å². The second-order valence-electron chi connectivity index (χ2n) is 8.10. The van der Waals surface area contributed by atoms with Crippen molar-refractivity contribution in [1.29, 1.82) is 0 Å². The Hall–Kier alpha value is -2.47. The monoisotopic (exact) mass is 396 g/mol. The number of hydrogen-bond acceptors (Lipinski definition) is 4. The van der Waals surface area contributed by atoms with Crippen LogP contribution in [0.15, 0.2) is 48.5 Å². The van der Waals surface area contributed by atoms with Gasteiger partial charge in [0.15, 0.2) is 0 Å². The first-order valence-electron chi connectivity index (χ1n) is 10.6. The Morgan fingerprint density at radius 2 is 1.66 bits per heavy atom. The van der Waals surface area contributed by atoms with E-state index in [1.54, 1.807) is 6.07 Å². The number of rotatable bonds is 5. The molecule has 2 aromatic rings. The average molecular weight is 397 g/mol. The van der Waals surface area contributed by atoms with Gasteiger partial charge in [-0.2, -0.15) is 4.39 Å². The van der Waals surface area contributed by atoms with Crippen molar-refractivity contribution < 1.29 is 9.18 Å². The van der Waals surface area contributed by atoms with Crippen LogP contribution in [0.1, 0.15) is 18.4 Å². The van der Waals surface area contributed by atoms with Gasteiger partial charge in [-0.1, -0.05) is 36.4 Å². The fourth-order valence-corrected chi connectivity index (χ4v) is 4.33. The van der Waals surface area contributed by atoms with Gasteiger partial charge in [0, 0.05) is 39.3 Å². The highest BCUT2D eigenvalue weighted by Crippen LogP contribution is 2.22. The average Bonchev–Trinajstić information content (AvgIpc) is 2.75. The fraction of sp³-hybridized carbons (Fsp3) is 0.478. The number of benzene rings is 1. The Morgan fingerprint density at radius 3 is 2.34 bits per heavy atom. The molecule has 5 nitrogen and oxygen atoms in total. The molecule has 154 valence electrons. The van der Waals surface area contributed by atoms with Gasteiger partial charge >= 0.3 is 0 Å². The van der Waals surface area contributed by atoms with Gasteiger partial charge in [0.1, 0.15) is 5.82 Å². The van der Waals surface area contributed by atoms with Crippen LogP contribution < -0.4 is 4.90 Å². The van der Waals surface area contributed by atoms with E-state index in [0.29, 0.717) is 18.3 Å². The summed E-state index contributed by atoms with van der Waals surface area (Å²) in [5, 5.41) is 0. The van der Waals surface area contributed by atoms with Gasteiger partial charge in [0.25, 0.3) is 0 Å². The minimum Gasteiger partial charge on any atom is -0.354 e. The first-order chi connectivity index (χ1) is 14.2. The highest BCUT2D eigenvalue weighted by atomic mass is 19.1. The number of aromatic nitrogens is 1. The third-order valence-electron chi connectivity index (χ3n) is 6.09. The van der Waals surface area contributed by atoms with Crippen LogP contribution in [-0.4, -0.2) is 66.5 Å². The van der Waals surface area contributed by atoms with E-state index < -0.39 is 5.95 Å². The minimum atomic E-state index is -0.448. The predicted octanol–water partition coefficient (Wildman–Crippen LogP) is 2.82. The van der Waals surface area contributed by atoms with Gasteiger partial charge in [0.05, 0.1) is 6.54 Å². The molecule has 0 unspecified atom stereocenters. The molecule has 1 amide bonds. The number of carbonyl (C=O) groups excluding carboxylic acids is 1. The maximum atomic E-state index is 13.3. The summed E-state index contributed by atoms with van der Waals surface area (Å²) in [5.41, 5.74) is 1.39. The van der Waals surface area contributed by atoms with Gasteiger partial charge in [-0.3, -0.25) is 9.69 Å². The van der Waals surface area contributed by atoms with Crippen molar-refractivity contribution >= 4 is 11.7 Å². The summed E-state index contributed by atoms with van der Waals surface area (Å²) in [7, 11) is 0. The van der Waals surface area contributed by atoms with Gasteiger partial charge < -0.3 is 9.80 Å². The van der Waals surface area contributed by atoms with E-state index in [1.807, 2.05) is 11.0 Å². The van der Waals surface area contributed by atoms with Gasteiger partial charge in [-0.25, -0.2) is 4.98 Å². The molecule has 2 aliphatic rings. The smallest absolute Gasteiger partial charge is 0.236 e. The molecule has 3 heterocycles. The summed E-state index contributed by atoms with van der Waals surface area (Å²) in [6, 6.07) is 15.5. The maximum absolute atomic E-state index is 13.3. The third-order valence-corrected chi connectivity index (χ3v) is 6.09. The molecule has 4 rings (SSSR count). The van der Waals surface area contributed by atoms with Crippen LogP contribution in [0, 0.1) is 11.9 Å². The summed E-state index contributed by atoms with van der Waals surface area (Å²) >= 11 is 0. The normalized spacial score (nSPS) is 18.8. The molecule has 2 aliphatic heterocycles. The van der Waals surface area contributed by atoms with Crippen LogP contribution in [0.5, 0.6) is 0 Å². The molecule has 0 saturated carbocycles. The van der Waals surface area contributed by atoms with E-state index in [9.17, 15) is 9.18 Å². The summed E-state index contributed by atoms with van der Waals surface area (Å²) in [4.78, 5) is 23.0. The standard InChI is InChI=1S/C23H29FN4O/c24-21-7-4-8-22(25-21)27-15-13-26(14-16-27)18-23(29)28-11-9-20(10-12-28)17-19-5-2-1-3-6-19/h1-8,20H,9-18H2. The van der Waals surface area contributed by atoms with E-state index in [0.717, 1.165) is 58.5 Å². The maximum Gasteiger partial charge on any atom is 0.236 e. The number of nitrogens with zero attached hydrogens (tertiary/aromatic N) is 4. The number of hydrogen-bond donors (Lipinski definition) is 0. The Labute approximate surface area is 172 Å². The topological polar surface area (TPSA) is 39.7 Å². The quantitative estimate of drug-likeness (QED) is 0.729. The first kappa shape index (κ1) is 19.8. The summed E-state index contributed by atoms with van der Waals surface area (Å²) in [6.45, 7) is 5.34. The number of halogens is 1. The molecule has 0 atom stereocenters. The Bertz CT molecular complexity index is 800. The van der Waals surface area contributed by atoms with Crippen molar-refractivity contribution in [3.8, 4) is 0 Å².